The van der Waals surface area contributed by atoms with E-state index in [1.54, 1.807) is 14.2 Å². The first-order valence-electron chi connectivity index (χ1n) is 5.25. The average molecular weight is 334 g/mol. The molecule has 0 N–H and O–H groups in total. The molecule has 0 spiro atoms. The van der Waals surface area contributed by atoms with Gasteiger partial charge in [0, 0.05) is 0 Å². The van der Waals surface area contributed by atoms with Crippen LogP contribution in [0.2, 0.25) is 0 Å². The molecule has 0 radical (unpaired) electrons. The van der Waals surface area contributed by atoms with Crippen LogP contribution in [0.4, 0.5) is 0 Å². The number of ether oxygens (including phenoxy) is 2. The van der Waals surface area contributed by atoms with E-state index in [-0.39, 0.29) is 20.7 Å². The maximum absolute atomic E-state index is 5.35. The molecule has 2 rings (SSSR count). The molecule has 0 bridgehead atoms. The SMILES string of the molecule is CCc1c2cc(OC)c(OC)cc2[te][n+]1C. The van der Waals surface area contributed by atoms with Gasteiger partial charge in [-0.25, -0.2) is 0 Å². The van der Waals surface area contributed by atoms with Crippen LogP contribution in [0.3, 0.4) is 0 Å². The molecular formula is C12H16NO2Te+. The third-order valence-electron chi connectivity index (χ3n) is 2.75. The number of fused-ring (bicyclic) bond motifs is 1. The van der Waals surface area contributed by atoms with E-state index in [1.807, 2.05) is 0 Å². The van der Waals surface area contributed by atoms with Gasteiger partial charge in [0.1, 0.15) is 0 Å². The van der Waals surface area contributed by atoms with E-state index >= 15 is 0 Å². The first-order chi connectivity index (χ1) is 7.71. The van der Waals surface area contributed by atoms with Gasteiger partial charge < -0.3 is 0 Å². The van der Waals surface area contributed by atoms with Crippen molar-refractivity contribution < 1.29 is 12.3 Å². The van der Waals surface area contributed by atoms with Gasteiger partial charge in [0.2, 0.25) is 0 Å². The quantitative estimate of drug-likeness (QED) is 0.790. The summed E-state index contributed by atoms with van der Waals surface area (Å²) in [6.45, 7) is 2.20. The predicted molar refractivity (Wildman–Crippen MR) is 64.5 cm³/mol. The van der Waals surface area contributed by atoms with Crippen LogP contribution >= 0.6 is 0 Å². The Balaban J connectivity index is 2.73. The summed E-state index contributed by atoms with van der Waals surface area (Å²) in [7, 11) is 5.55. The Kier molecular flexibility index (Phi) is 3.41. The van der Waals surface area contributed by atoms with Crippen molar-refractivity contribution in [2.45, 2.75) is 13.3 Å². The van der Waals surface area contributed by atoms with E-state index in [9.17, 15) is 0 Å². The Labute approximate surface area is 106 Å². The summed E-state index contributed by atoms with van der Waals surface area (Å²) in [6.07, 6.45) is 1.07. The Bertz CT molecular complexity index is 519. The number of methoxy groups -OCH3 is 2. The van der Waals surface area contributed by atoms with E-state index in [0.717, 1.165) is 17.9 Å². The molecule has 0 saturated heterocycles. The minimum atomic E-state index is -0.253. The van der Waals surface area contributed by atoms with Crippen molar-refractivity contribution in [2.75, 3.05) is 14.2 Å². The standard InChI is InChI=1S/C12H16NO2Te/c1-5-9-8-6-10(14-3)11(15-4)7-12(8)16-13(9)2/h6-7H,5H2,1-4H3/q+1. The fraction of sp³-hybridized carbons (Fsp3) is 0.417. The van der Waals surface area contributed by atoms with Crippen molar-refractivity contribution in [3.63, 3.8) is 0 Å². The van der Waals surface area contributed by atoms with Crippen molar-refractivity contribution >= 4 is 29.5 Å². The molecule has 0 fully saturated rings. The minimum absolute atomic E-state index is 0.253. The van der Waals surface area contributed by atoms with Gasteiger partial charge in [-0.3, -0.25) is 0 Å². The summed E-state index contributed by atoms with van der Waals surface area (Å²) >= 11 is -0.253. The molecular weight excluding hydrogens is 318 g/mol. The van der Waals surface area contributed by atoms with Crippen LogP contribution < -0.4 is 12.3 Å². The number of hydrogen-bond donors (Lipinski definition) is 0. The summed E-state index contributed by atoms with van der Waals surface area (Å²) in [5, 5.41) is 1.35. The number of aromatic nitrogens is 1. The number of hydrogen-bond acceptors (Lipinski definition) is 2. The van der Waals surface area contributed by atoms with Crippen molar-refractivity contribution in [3.05, 3.63) is 17.8 Å². The molecule has 3 nitrogen and oxygen atoms in total. The second kappa shape index (κ2) is 4.65. The first kappa shape index (κ1) is 11.8. The number of rotatable bonds is 3. The molecule has 0 unspecified atom stereocenters. The topological polar surface area (TPSA) is 22.3 Å². The van der Waals surface area contributed by atoms with Crippen LogP contribution in [0.15, 0.2) is 12.1 Å². The van der Waals surface area contributed by atoms with E-state index in [2.05, 4.69) is 28.9 Å². The summed E-state index contributed by atoms with van der Waals surface area (Å²) in [5.41, 5.74) is 1.43. The Morgan fingerprint density at radius 1 is 1.19 bits per heavy atom. The molecule has 0 aliphatic heterocycles. The second-order valence-corrected chi connectivity index (χ2v) is 6.93. The van der Waals surface area contributed by atoms with Gasteiger partial charge in [-0.05, 0) is 0 Å². The van der Waals surface area contributed by atoms with Gasteiger partial charge in [0.05, 0.1) is 0 Å². The summed E-state index contributed by atoms with van der Waals surface area (Å²) in [4.78, 5) is 0. The number of aryl methyl sites for hydroxylation is 2. The molecule has 0 amide bonds. The summed E-state index contributed by atoms with van der Waals surface area (Å²) in [6, 6.07) is 4.25. The Morgan fingerprint density at radius 3 is 2.38 bits per heavy atom. The zero-order valence-electron chi connectivity index (χ0n) is 10.0. The molecule has 4 heteroatoms. The molecule has 86 valence electrons. The molecule has 1 heterocycles. The van der Waals surface area contributed by atoms with Gasteiger partial charge in [-0.1, -0.05) is 0 Å². The van der Waals surface area contributed by atoms with E-state index in [1.165, 1.54) is 14.5 Å². The normalized spacial score (nSPS) is 10.8. The van der Waals surface area contributed by atoms with Crippen LogP contribution in [0, 0.1) is 0 Å². The van der Waals surface area contributed by atoms with Gasteiger partial charge >= 0.3 is 106 Å². The first-order valence-corrected chi connectivity index (χ1v) is 7.45. The van der Waals surface area contributed by atoms with E-state index < -0.39 is 0 Å². The van der Waals surface area contributed by atoms with Gasteiger partial charge in [0.15, 0.2) is 0 Å². The number of nitrogens with zero attached hydrogens (tertiary/aromatic N) is 1. The second-order valence-electron chi connectivity index (χ2n) is 3.59. The van der Waals surface area contributed by atoms with Gasteiger partial charge in [0.25, 0.3) is 0 Å². The van der Waals surface area contributed by atoms with Crippen LogP contribution in [0.25, 0.3) is 8.79 Å². The molecule has 2 aromatic rings. The van der Waals surface area contributed by atoms with E-state index in [0.29, 0.717) is 0 Å². The third kappa shape index (κ3) is 1.81. The maximum atomic E-state index is 5.35. The molecule has 0 saturated carbocycles. The van der Waals surface area contributed by atoms with Gasteiger partial charge in [-0.15, -0.1) is 0 Å². The molecule has 1 aromatic carbocycles. The summed E-state index contributed by atoms with van der Waals surface area (Å²) < 4.78 is 14.5. The number of benzene rings is 1. The van der Waals surface area contributed by atoms with Crippen molar-refractivity contribution in [1.82, 2.24) is 0 Å². The van der Waals surface area contributed by atoms with E-state index in [4.69, 9.17) is 9.47 Å². The predicted octanol–water partition coefficient (Wildman–Crippen LogP) is 1.30. The zero-order chi connectivity index (χ0) is 11.7. The van der Waals surface area contributed by atoms with Crippen molar-refractivity contribution in [2.24, 2.45) is 7.05 Å². The van der Waals surface area contributed by atoms with Crippen molar-refractivity contribution in [3.8, 4) is 11.5 Å². The van der Waals surface area contributed by atoms with Crippen molar-refractivity contribution in [1.29, 1.82) is 0 Å². The zero-order valence-corrected chi connectivity index (χ0v) is 12.4. The fourth-order valence-electron chi connectivity index (χ4n) is 1.95. The van der Waals surface area contributed by atoms with Crippen LogP contribution in [-0.4, -0.2) is 34.9 Å². The Morgan fingerprint density at radius 2 is 1.81 bits per heavy atom. The van der Waals surface area contributed by atoms with Gasteiger partial charge in [-0.2, -0.15) is 0 Å². The molecule has 16 heavy (non-hydrogen) atoms. The van der Waals surface area contributed by atoms with Crippen LogP contribution in [0.5, 0.6) is 11.5 Å². The molecule has 0 aliphatic rings. The monoisotopic (exact) mass is 336 g/mol. The average Bonchev–Trinajstić information content (AvgIpc) is 2.61. The molecule has 0 atom stereocenters. The third-order valence-corrected chi connectivity index (χ3v) is 5.68. The molecule has 0 aliphatic carbocycles. The fourth-order valence-corrected chi connectivity index (χ4v) is 4.99. The molecule has 1 aromatic heterocycles. The van der Waals surface area contributed by atoms with Crippen LogP contribution in [-0.2, 0) is 13.5 Å². The Hall–Kier alpha value is -0.720. The summed E-state index contributed by atoms with van der Waals surface area (Å²) in [5.74, 6) is 1.67. The van der Waals surface area contributed by atoms with Crippen LogP contribution in [0.1, 0.15) is 12.6 Å².